The van der Waals surface area contributed by atoms with Gasteiger partial charge in [0.25, 0.3) is 0 Å². The van der Waals surface area contributed by atoms with Gasteiger partial charge in [-0.05, 0) is 42.0 Å². The van der Waals surface area contributed by atoms with E-state index in [-0.39, 0.29) is 0 Å². The van der Waals surface area contributed by atoms with Crippen LogP contribution in [-0.4, -0.2) is 4.98 Å². The molecule has 0 saturated heterocycles. The molecule has 0 bridgehead atoms. The first-order valence-corrected chi connectivity index (χ1v) is 10.1. The fourth-order valence-corrected chi connectivity index (χ4v) is 4.17. The minimum atomic E-state index is -0.459. The van der Waals surface area contributed by atoms with E-state index in [1.165, 1.54) is 11.3 Å². The summed E-state index contributed by atoms with van der Waals surface area (Å²) >= 11 is 1.30. The Morgan fingerprint density at radius 3 is 2.77 bits per heavy atom. The number of aryl methyl sites for hydroxylation is 1. The molecule has 0 amide bonds. The monoisotopic (exact) mass is 410 g/mol. The summed E-state index contributed by atoms with van der Waals surface area (Å²) in [7, 11) is 0. The Hall–Kier alpha value is -3.95. The first-order valence-electron chi connectivity index (χ1n) is 9.22. The topological polar surface area (TPSA) is 80.0 Å². The third kappa shape index (κ3) is 3.11. The number of hydrogen-bond acceptors (Lipinski definition) is 6. The van der Waals surface area contributed by atoms with Crippen molar-refractivity contribution in [3.05, 3.63) is 86.9 Å². The highest BCUT2D eigenvalue weighted by molar-refractivity contribution is 7.11. The van der Waals surface area contributed by atoms with Crippen LogP contribution in [0.4, 0.5) is 0 Å². The molecule has 30 heavy (non-hydrogen) atoms. The molecular formula is C24H14N2O3S. The third-order valence-electron chi connectivity index (χ3n) is 4.82. The predicted molar refractivity (Wildman–Crippen MR) is 118 cm³/mol. The van der Waals surface area contributed by atoms with Crippen molar-refractivity contribution in [2.24, 2.45) is 0 Å². The normalized spacial score (nSPS) is 11.8. The zero-order valence-corrected chi connectivity index (χ0v) is 16.7. The van der Waals surface area contributed by atoms with Gasteiger partial charge in [0.05, 0.1) is 16.8 Å². The highest BCUT2D eigenvalue weighted by atomic mass is 32.1. The van der Waals surface area contributed by atoms with E-state index in [1.807, 2.05) is 49.4 Å². The first kappa shape index (κ1) is 18.1. The largest absolute Gasteiger partial charge is 0.462 e. The number of fused-ring (bicyclic) bond motifs is 3. The average Bonchev–Trinajstić information content (AvgIpc) is 3.40. The van der Waals surface area contributed by atoms with Crippen LogP contribution >= 0.6 is 11.3 Å². The van der Waals surface area contributed by atoms with Gasteiger partial charge in [0, 0.05) is 16.8 Å². The van der Waals surface area contributed by atoms with Crippen LogP contribution in [0.5, 0.6) is 0 Å². The fraction of sp³-hybridized carbons (Fsp3) is 0.0417. The Balaban J connectivity index is 1.63. The lowest BCUT2D eigenvalue weighted by atomic mass is 10.0. The summed E-state index contributed by atoms with van der Waals surface area (Å²) in [6.07, 6.45) is 1.64. The number of nitriles is 1. The number of thiazole rings is 1. The standard InChI is InChI=1S/C24H14N2O3S/c1-14-6-8-17(28-14)10-16(12-25)23-26-21(13-30-23)20-11-19-18-5-3-2-4-15(18)7-9-22(19)29-24(20)27/h2-11,13H,1H3/b16-10-. The molecule has 0 saturated carbocycles. The van der Waals surface area contributed by atoms with Crippen molar-refractivity contribution in [3.8, 4) is 17.3 Å². The summed E-state index contributed by atoms with van der Waals surface area (Å²) in [6, 6.07) is 19.3. The number of furan rings is 1. The van der Waals surface area contributed by atoms with E-state index in [4.69, 9.17) is 8.83 Å². The summed E-state index contributed by atoms with van der Waals surface area (Å²) < 4.78 is 11.1. The Labute approximate surface area is 175 Å². The number of nitrogens with zero attached hydrogens (tertiary/aromatic N) is 2. The van der Waals surface area contributed by atoms with E-state index in [0.29, 0.717) is 33.2 Å². The van der Waals surface area contributed by atoms with Gasteiger partial charge in [-0.15, -0.1) is 11.3 Å². The lowest BCUT2D eigenvalue weighted by Crippen LogP contribution is -2.03. The molecule has 5 rings (SSSR count). The van der Waals surface area contributed by atoms with Gasteiger partial charge in [0.2, 0.25) is 0 Å². The van der Waals surface area contributed by atoms with Crippen molar-refractivity contribution in [2.45, 2.75) is 6.92 Å². The van der Waals surface area contributed by atoms with Gasteiger partial charge >= 0.3 is 5.63 Å². The number of allylic oxidation sites excluding steroid dienone is 1. The first-order chi connectivity index (χ1) is 14.6. The molecule has 0 N–H and O–H groups in total. The van der Waals surface area contributed by atoms with Crippen LogP contribution in [0.25, 0.3) is 44.6 Å². The minimum absolute atomic E-state index is 0.368. The lowest BCUT2D eigenvalue weighted by molar-refractivity contribution is 0.525. The number of aromatic nitrogens is 1. The van der Waals surface area contributed by atoms with Crippen molar-refractivity contribution in [1.29, 1.82) is 5.26 Å². The molecule has 3 aromatic heterocycles. The minimum Gasteiger partial charge on any atom is -0.462 e. The number of rotatable bonds is 3. The van der Waals surface area contributed by atoms with Crippen LogP contribution in [0.3, 0.4) is 0 Å². The second-order valence-corrected chi connectivity index (χ2v) is 7.66. The van der Waals surface area contributed by atoms with Gasteiger partial charge in [-0.1, -0.05) is 30.3 Å². The molecule has 5 aromatic rings. The van der Waals surface area contributed by atoms with E-state index in [1.54, 1.807) is 23.6 Å². The maximum atomic E-state index is 12.6. The molecule has 3 heterocycles. The quantitative estimate of drug-likeness (QED) is 0.206. The second kappa shape index (κ2) is 7.14. The molecule has 0 aliphatic carbocycles. The molecule has 0 radical (unpaired) electrons. The van der Waals surface area contributed by atoms with Gasteiger partial charge in [-0.25, -0.2) is 9.78 Å². The van der Waals surface area contributed by atoms with Crippen LogP contribution in [0, 0.1) is 18.3 Å². The van der Waals surface area contributed by atoms with Crippen molar-refractivity contribution in [3.63, 3.8) is 0 Å². The molecule has 0 atom stereocenters. The van der Waals surface area contributed by atoms with Gasteiger partial charge in [0.1, 0.15) is 28.2 Å². The predicted octanol–water partition coefficient (Wildman–Crippen LogP) is 6.04. The Morgan fingerprint density at radius 2 is 1.97 bits per heavy atom. The molecule has 0 aliphatic heterocycles. The van der Waals surface area contributed by atoms with Gasteiger partial charge in [-0.2, -0.15) is 5.26 Å². The van der Waals surface area contributed by atoms with Crippen LogP contribution in [0.15, 0.2) is 73.6 Å². The summed E-state index contributed by atoms with van der Waals surface area (Å²) in [4.78, 5) is 17.1. The fourth-order valence-electron chi connectivity index (χ4n) is 3.39. The molecule has 144 valence electrons. The van der Waals surface area contributed by atoms with E-state index >= 15 is 0 Å². The summed E-state index contributed by atoms with van der Waals surface area (Å²) in [6.45, 7) is 1.84. The molecule has 2 aromatic carbocycles. The molecule has 0 unspecified atom stereocenters. The van der Waals surface area contributed by atoms with E-state index in [0.717, 1.165) is 21.9 Å². The Kier molecular flexibility index (Phi) is 4.31. The summed E-state index contributed by atoms with van der Waals surface area (Å²) in [5.41, 5.74) is 1.29. The smallest absolute Gasteiger partial charge is 0.345 e. The van der Waals surface area contributed by atoms with E-state index in [9.17, 15) is 10.1 Å². The molecule has 6 heteroatoms. The highest BCUT2D eigenvalue weighted by Gasteiger charge is 2.15. The van der Waals surface area contributed by atoms with Gasteiger partial charge < -0.3 is 8.83 Å². The molecule has 0 spiro atoms. The number of hydrogen-bond donors (Lipinski definition) is 0. The van der Waals surface area contributed by atoms with E-state index < -0.39 is 5.63 Å². The van der Waals surface area contributed by atoms with Crippen LogP contribution in [0.2, 0.25) is 0 Å². The molecule has 0 fully saturated rings. The molecular weight excluding hydrogens is 396 g/mol. The second-order valence-electron chi connectivity index (χ2n) is 6.80. The van der Waals surface area contributed by atoms with Crippen LogP contribution in [-0.2, 0) is 0 Å². The maximum Gasteiger partial charge on any atom is 0.345 e. The zero-order valence-electron chi connectivity index (χ0n) is 15.9. The summed E-state index contributed by atoms with van der Waals surface area (Å²) in [5.74, 6) is 1.34. The highest BCUT2D eigenvalue weighted by Crippen LogP contribution is 2.30. The Bertz CT molecular complexity index is 1550. The van der Waals surface area contributed by atoms with Gasteiger partial charge in [-0.3, -0.25) is 0 Å². The van der Waals surface area contributed by atoms with Crippen molar-refractivity contribution < 1.29 is 8.83 Å². The Morgan fingerprint density at radius 1 is 1.10 bits per heavy atom. The average molecular weight is 410 g/mol. The van der Waals surface area contributed by atoms with Crippen molar-refractivity contribution in [1.82, 2.24) is 4.98 Å². The maximum absolute atomic E-state index is 12.6. The van der Waals surface area contributed by atoms with Crippen molar-refractivity contribution >= 4 is 44.7 Å². The van der Waals surface area contributed by atoms with Crippen LogP contribution < -0.4 is 5.63 Å². The van der Waals surface area contributed by atoms with Crippen LogP contribution in [0.1, 0.15) is 16.5 Å². The number of benzene rings is 2. The third-order valence-corrected chi connectivity index (χ3v) is 5.70. The molecule has 0 aliphatic rings. The SMILES string of the molecule is Cc1ccc(/C=C(/C#N)c2nc(-c3cc4c(ccc5ccccc54)oc3=O)cs2)o1. The molecule has 5 nitrogen and oxygen atoms in total. The summed E-state index contributed by atoms with van der Waals surface area (Å²) in [5, 5.41) is 14.8. The lowest BCUT2D eigenvalue weighted by Gasteiger charge is -2.04. The van der Waals surface area contributed by atoms with Gasteiger partial charge in [0.15, 0.2) is 0 Å². The van der Waals surface area contributed by atoms with Crippen molar-refractivity contribution in [2.75, 3.05) is 0 Å². The zero-order chi connectivity index (χ0) is 20.7. The van der Waals surface area contributed by atoms with E-state index in [2.05, 4.69) is 11.1 Å².